The predicted molar refractivity (Wildman–Crippen MR) is 195 cm³/mol. The van der Waals surface area contributed by atoms with Crippen LogP contribution in [0.3, 0.4) is 0 Å². The number of fused-ring (bicyclic) bond motifs is 6. The topological polar surface area (TPSA) is 3.88 Å². The van der Waals surface area contributed by atoms with Gasteiger partial charge in [0.2, 0.25) is 0 Å². The molecule has 222 valence electrons. The monoisotopic (exact) mass is 599 g/mol. The van der Waals surface area contributed by atoms with Gasteiger partial charge in [-0.25, -0.2) is 0 Å². The molecule has 1 nitrogen and oxygen atoms in total. The SMILES string of the molecule is c1ccc(C2=C(c3ccccc3)[C@]3(c4ccccc4)c4ccccc4-c4cccc[n+]4[B-]3(c3ccccc3)[C@H]2c2ccccc2)cc1. The minimum atomic E-state index is -1.74. The van der Waals surface area contributed by atoms with Crippen LogP contribution >= 0.6 is 0 Å². The molecule has 6 aromatic carbocycles. The Morgan fingerprint density at radius 1 is 0.468 bits per heavy atom. The Morgan fingerprint density at radius 2 is 1.00 bits per heavy atom. The highest BCUT2D eigenvalue weighted by molar-refractivity contribution is 6.94. The summed E-state index contributed by atoms with van der Waals surface area (Å²) < 4.78 is 2.70. The van der Waals surface area contributed by atoms with Crippen LogP contribution < -0.4 is 9.94 Å². The van der Waals surface area contributed by atoms with Crippen LogP contribution in [-0.2, 0) is 5.31 Å². The summed E-state index contributed by atoms with van der Waals surface area (Å²) in [5.74, 6) is 0.0101. The molecule has 3 atom stereocenters. The molecule has 0 saturated carbocycles. The zero-order valence-corrected chi connectivity index (χ0v) is 26.2. The Hall–Kier alpha value is -5.73. The molecule has 0 N–H and O–H groups in total. The van der Waals surface area contributed by atoms with Crippen LogP contribution in [0.25, 0.3) is 22.4 Å². The van der Waals surface area contributed by atoms with E-state index in [2.05, 4.69) is 205 Å². The lowest BCUT2D eigenvalue weighted by Crippen LogP contribution is -2.84. The molecule has 3 heterocycles. The van der Waals surface area contributed by atoms with Gasteiger partial charge in [0.15, 0.2) is 5.69 Å². The van der Waals surface area contributed by atoms with Gasteiger partial charge >= 0.3 is 6.28 Å². The molecule has 1 aromatic heterocycles. The summed E-state index contributed by atoms with van der Waals surface area (Å²) in [6.45, 7) is 0. The standard InChI is InChI=1S/C45H34BN/c1-6-20-34(21-7-1)42-43(35-22-8-2-9-23-35)45(37-26-12-4-13-27-37)40-31-17-16-30-39(40)41-32-18-19-33-47(41)46(45,38-28-14-5-15-29-38)44(42)36-24-10-3-11-25-36/h1-33,44H/t44-,45-,46?/m0/s1. The van der Waals surface area contributed by atoms with Crippen molar-refractivity contribution in [1.82, 2.24) is 0 Å². The van der Waals surface area contributed by atoms with E-state index in [4.69, 9.17) is 0 Å². The minimum Gasteiger partial charge on any atom is -0.414 e. The minimum absolute atomic E-state index is 0.0101. The van der Waals surface area contributed by atoms with Crippen molar-refractivity contribution in [1.29, 1.82) is 0 Å². The van der Waals surface area contributed by atoms with Crippen molar-refractivity contribution in [3.63, 3.8) is 0 Å². The predicted octanol–water partition coefficient (Wildman–Crippen LogP) is 9.13. The van der Waals surface area contributed by atoms with Crippen molar-refractivity contribution in [2.75, 3.05) is 0 Å². The molecule has 47 heavy (non-hydrogen) atoms. The van der Waals surface area contributed by atoms with E-state index in [9.17, 15) is 0 Å². The van der Waals surface area contributed by atoms with E-state index >= 15 is 0 Å². The third-order valence-corrected chi connectivity index (χ3v) is 10.9. The Kier molecular flexibility index (Phi) is 6.43. The Bertz CT molecular complexity index is 2230. The van der Waals surface area contributed by atoms with Gasteiger partial charge in [0, 0.05) is 11.6 Å². The highest BCUT2D eigenvalue weighted by Crippen LogP contribution is 2.66. The number of hydrogen-bond acceptors (Lipinski definition) is 0. The second kappa shape index (κ2) is 11.0. The lowest BCUT2D eigenvalue weighted by Gasteiger charge is -2.55. The second-order valence-electron chi connectivity index (χ2n) is 12.9. The highest BCUT2D eigenvalue weighted by Gasteiger charge is 2.71. The van der Waals surface area contributed by atoms with Crippen molar-refractivity contribution >= 4 is 22.9 Å². The lowest BCUT2D eigenvalue weighted by molar-refractivity contribution is -0.538. The van der Waals surface area contributed by atoms with Gasteiger partial charge in [-0.2, -0.15) is 0 Å². The number of pyridine rings is 1. The third-order valence-electron chi connectivity index (χ3n) is 10.9. The van der Waals surface area contributed by atoms with Gasteiger partial charge in [-0.05, 0) is 40.0 Å². The van der Waals surface area contributed by atoms with Crippen LogP contribution in [0.4, 0.5) is 0 Å². The van der Waals surface area contributed by atoms with Crippen LogP contribution in [0.15, 0.2) is 200 Å². The van der Waals surface area contributed by atoms with Crippen LogP contribution in [0.5, 0.6) is 0 Å². The molecule has 2 heteroatoms. The summed E-state index contributed by atoms with van der Waals surface area (Å²) in [7, 11) is 0. The average Bonchev–Trinajstić information content (AvgIpc) is 3.47. The number of benzene rings is 6. The summed E-state index contributed by atoms with van der Waals surface area (Å²) in [4.78, 5) is 0. The van der Waals surface area contributed by atoms with Crippen LogP contribution in [0.1, 0.15) is 33.6 Å². The normalized spacial score (nSPS) is 21.1. The number of allylic oxidation sites excluding steroid dienone is 2. The van der Waals surface area contributed by atoms with Crippen LogP contribution in [0.2, 0.25) is 0 Å². The fraction of sp³-hybridized carbons (Fsp3) is 0.0444. The maximum Gasteiger partial charge on any atom is 0.335 e. The van der Waals surface area contributed by atoms with Gasteiger partial charge in [0.25, 0.3) is 0 Å². The lowest BCUT2D eigenvalue weighted by atomic mass is 9.11. The molecular weight excluding hydrogens is 565 g/mol. The molecule has 0 amide bonds. The molecule has 0 bridgehead atoms. The van der Waals surface area contributed by atoms with Gasteiger partial charge in [-0.15, -0.1) is 5.46 Å². The zero-order valence-electron chi connectivity index (χ0n) is 26.2. The molecule has 0 radical (unpaired) electrons. The van der Waals surface area contributed by atoms with E-state index in [0.717, 1.165) is 0 Å². The Labute approximate surface area is 277 Å². The highest BCUT2D eigenvalue weighted by atomic mass is 15.0. The summed E-state index contributed by atoms with van der Waals surface area (Å²) in [6.07, 6.45) is 0.621. The summed E-state index contributed by atoms with van der Waals surface area (Å²) in [5.41, 5.74) is 13.1. The maximum absolute atomic E-state index is 2.70. The Balaban J connectivity index is 1.63. The van der Waals surface area contributed by atoms with Crippen LogP contribution in [0, 0.1) is 0 Å². The third kappa shape index (κ3) is 3.76. The van der Waals surface area contributed by atoms with E-state index in [0.29, 0.717) is 0 Å². The number of aromatic nitrogens is 1. The first kappa shape index (κ1) is 27.6. The van der Waals surface area contributed by atoms with Crippen molar-refractivity contribution in [2.45, 2.75) is 11.1 Å². The second-order valence-corrected chi connectivity index (χ2v) is 12.9. The molecule has 2 aliphatic heterocycles. The van der Waals surface area contributed by atoms with Crippen LogP contribution in [-0.4, -0.2) is 6.28 Å². The first-order valence-corrected chi connectivity index (χ1v) is 16.6. The first-order valence-electron chi connectivity index (χ1n) is 16.6. The van der Waals surface area contributed by atoms with E-state index in [1.807, 2.05) is 0 Å². The fourth-order valence-corrected chi connectivity index (χ4v) is 9.55. The number of rotatable bonds is 5. The molecule has 1 unspecified atom stereocenters. The largest absolute Gasteiger partial charge is 0.414 e. The molecule has 9 rings (SSSR count). The summed E-state index contributed by atoms with van der Waals surface area (Å²) in [6, 6.07) is 72.4. The van der Waals surface area contributed by atoms with Gasteiger partial charge in [-0.3, -0.25) is 0 Å². The van der Waals surface area contributed by atoms with E-state index in [-0.39, 0.29) is 5.82 Å². The smallest absolute Gasteiger partial charge is 0.335 e. The summed E-state index contributed by atoms with van der Waals surface area (Å²) in [5, 5.41) is -0.564. The molecule has 0 spiro atoms. The van der Waals surface area contributed by atoms with Crippen molar-refractivity contribution in [3.05, 3.63) is 228 Å². The average molecular weight is 600 g/mol. The zero-order chi connectivity index (χ0) is 31.3. The number of nitrogens with zero attached hydrogens (tertiary/aromatic N) is 1. The van der Waals surface area contributed by atoms with Gasteiger partial charge in [-0.1, -0.05) is 198 Å². The van der Waals surface area contributed by atoms with E-state index in [1.54, 1.807) is 0 Å². The van der Waals surface area contributed by atoms with Crippen molar-refractivity contribution < 1.29 is 4.48 Å². The van der Waals surface area contributed by atoms with E-state index < -0.39 is 11.6 Å². The summed E-state index contributed by atoms with van der Waals surface area (Å²) >= 11 is 0. The molecular formula is C45H34BN. The molecule has 0 saturated heterocycles. The van der Waals surface area contributed by atoms with Gasteiger partial charge in [0.05, 0.1) is 0 Å². The molecule has 0 fully saturated rings. The van der Waals surface area contributed by atoms with Gasteiger partial charge in [0.1, 0.15) is 6.20 Å². The molecule has 0 aliphatic carbocycles. The quantitative estimate of drug-likeness (QED) is 0.174. The molecule has 7 aromatic rings. The van der Waals surface area contributed by atoms with E-state index in [1.165, 1.54) is 55.7 Å². The van der Waals surface area contributed by atoms with Crippen molar-refractivity contribution in [2.24, 2.45) is 0 Å². The number of hydrogen-bond donors (Lipinski definition) is 0. The first-order chi connectivity index (χ1) is 23.4. The fourth-order valence-electron chi connectivity index (χ4n) is 9.55. The Morgan fingerprint density at radius 3 is 1.68 bits per heavy atom. The molecule has 2 aliphatic rings. The van der Waals surface area contributed by atoms with Gasteiger partial charge < -0.3 is 4.48 Å². The van der Waals surface area contributed by atoms with Crippen molar-refractivity contribution in [3.8, 4) is 11.3 Å². The maximum atomic E-state index is 2.70.